The Kier molecular flexibility index (Phi) is 14.7. The van der Waals surface area contributed by atoms with Gasteiger partial charge in [-0.15, -0.1) is 0 Å². The summed E-state index contributed by atoms with van der Waals surface area (Å²) in [5.74, 6) is 1.55. The molecule has 0 heterocycles. The lowest BCUT2D eigenvalue weighted by atomic mass is 9.76. The molecule has 0 spiro atoms. The number of hydrogen-bond donors (Lipinski definition) is 2. The average molecular weight is 436 g/mol. The number of unbranched alkanes of at least 4 members (excludes halogenated alkanes) is 2. The summed E-state index contributed by atoms with van der Waals surface area (Å²) < 4.78 is 0. The summed E-state index contributed by atoms with van der Waals surface area (Å²) in [4.78, 5) is 23.1. The second kappa shape index (κ2) is 16.4. The molecule has 1 saturated carbocycles. The number of aldehydes is 1. The highest BCUT2D eigenvalue weighted by molar-refractivity contribution is 5.83. The fourth-order valence-corrected chi connectivity index (χ4v) is 4.51. The van der Waals surface area contributed by atoms with E-state index in [1.54, 1.807) is 0 Å². The molecule has 0 amide bonds. The monoisotopic (exact) mass is 435 g/mol. The normalized spacial score (nSPS) is 21.1. The van der Waals surface area contributed by atoms with E-state index < -0.39 is 5.54 Å². The minimum atomic E-state index is -0.536. The Labute approximate surface area is 194 Å². The number of nitrogens with one attached hydrogen (secondary N) is 1. The van der Waals surface area contributed by atoms with E-state index in [4.69, 9.17) is 5.73 Å². The molecule has 31 heavy (non-hydrogen) atoms. The molecule has 2 aliphatic carbocycles. The Balaban J connectivity index is 0. The fourth-order valence-electron chi connectivity index (χ4n) is 4.51. The number of hydrogen-bond acceptors (Lipinski definition) is 4. The molecule has 0 saturated heterocycles. The number of rotatable bonds is 13. The first kappa shape index (κ1) is 27.8. The molecule has 0 bridgehead atoms. The molecule has 2 rings (SSSR count). The largest absolute Gasteiger partial charge is 0.320 e. The van der Waals surface area contributed by atoms with Gasteiger partial charge in [0, 0.05) is 21.6 Å². The van der Waals surface area contributed by atoms with Crippen molar-refractivity contribution in [3.63, 3.8) is 0 Å². The number of allylic oxidation sites excluding steroid dienone is 4. The van der Waals surface area contributed by atoms with Crippen molar-refractivity contribution in [1.82, 2.24) is 5.32 Å². The van der Waals surface area contributed by atoms with Crippen LogP contribution >= 0.6 is 0 Å². The first-order chi connectivity index (χ1) is 15.0. The number of carbonyl (C=O) groups excluding carboxylic acids is 2. The van der Waals surface area contributed by atoms with Crippen molar-refractivity contribution in [2.45, 2.75) is 103 Å². The van der Waals surface area contributed by atoms with Gasteiger partial charge in [0.15, 0.2) is 0 Å². The van der Waals surface area contributed by atoms with Crippen LogP contribution in [-0.4, -0.2) is 31.2 Å². The van der Waals surface area contributed by atoms with E-state index >= 15 is 0 Å². The summed E-state index contributed by atoms with van der Waals surface area (Å²) in [6, 6.07) is 0. The van der Waals surface area contributed by atoms with Crippen LogP contribution in [0.1, 0.15) is 100 Å². The topological polar surface area (TPSA) is 72.2 Å². The number of nitrogens with two attached hydrogens (primary N) is 1. The van der Waals surface area contributed by atoms with E-state index in [1.807, 2.05) is 13.5 Å². The quantitative estimate of drug-likeness (QED) is 0.337. The highest BCUT2D eigenvalue weighted by atomic mass is 16.1. The molecule has 1 fully saturated rings. The average Bonchev–Trinajstić information content (AvgIpc) is 2.81. The lowest BCUT2D eigenvalue weighted by Gasteiger charge is -2.28. The third-order valence-electron chi connectivity index (χ3n) is 6.63. The Morgan fingerprint density at radius 3 is 2.52 bits per heavy atom. The molecule has 2 aliphatic rings. The van der Waals surface area contributed by atoms with E-state index in [1.165, 1.54) is 24.8 Å². The standard InChI is InChI=1S/C17H26NO.C10H21NO.2H2/c1-18-11-10-15-8-5-9-16(12-15)17(19)13-14-6-3-2-4-7-14;1-3-5-7-10(11,9-12)8-6-4-2;;/h2-4,6,15-16,18H,5,7-13H2,1H3;9H,3-8,11H2,1-2H3;2*1H. The molecule has 0 aromatic carbocycles. The third-order valence-corrected chi connectivity index (χ3v) is 6.63. The second-order valence-corrected chi connectivity index (χ2v) is 9.47. The number of ketones is 1. The van der Waals surface area contributed by atoms with E-state index in [0.717, 1.165) is 76.5 Å². The summed E-state index contributed by atoms with van der Waals surface area (Å²) >= 11 is 0. The van der Waals surface area contributed by atoms with Crippen molar-refractivity contribution in [3.8, 4) is 0 Å². The van der Waals surface area contributed by atoms with Gasteiger partial charge >= 0.3 is 0 Å². The molecule has 181 valence electrons. The lowest BCUT2D eigenvalue weighted by molar-refractivity contribution is -0.123. The van der Waals surface area contributed by atoms with Crippen molar-refractivity contribution in [1.29, 1.82) is 0 Å². The van der Waals surface area contributed by atoms with Gasteiger partial charge in [-0.25, -0.2) is 0 Å². The smallest absolute Gasteiger partial charge is 0.140 e. The molecule has 0 aromatic rings. The summed E-state index contributed by atoms with van der Waals surface area (Å²) in [5, 5.41) is 3.22. The Bertz CT molecular complexity index is 570. The van der Waals surface area contributed by atoms with Crippen molar-refractivity contribution in [3.05, 3.63) is 30.2 Å². The lowest BCUT2D eigenvalue weighted by Crippen LogP contribution is -2.41. The molecule has 3 N–H and O–H groups in total. The number of carbonyl (C=O) groups is 2. The minimum absolute atomic E-state index is 0. The molecule has 2 unspecified atom stereocenters. The van der Waals surface area contributed by atoms with Gasteiger partial charge in [0.25, 0.3) is 0 Å². The van der Waals surface area contributed by atoms with Gasteiger partial charge in [0.2, 0.25) is 0 Å². The van der Waals surface area contributed by atoms with Crippen molar-refractivity contribution in [2.24, 2.45) is 17.6 Å². The van der Waals surface area contributed by atoms with Crippen LogP contribution in [-0.2, 0) is 9.59 Å². The van der Waals surface area contributed by atoms with E-state index in [9.17, 15) is 9.59 Å². The van der Waals surface area contributed by atoms with Gasteiger partial charge in [-0.1, -0.05) is 76.2 Å². The summed E-state index contributed by atoms with van der Waals surface area (Å²) in [6.45, 7) is 5.31. The third kappa shape index (κ3) is 11.8. The predicted octanol–water partition coefficient (Wildman–Crippen LogP) is 6.21. The number of Topliss-reactive ketones (excluding diaryl/α,β-unsaturated/α-hetero) is 1. The van der Waals surface area contributed by atoms with Gasteiger partial charge in [-0.05, 0) is 58.0 Å². The van der Waals surface area contributed by atoms with Gasteiger partial charge in [0.1, 0.15) is 12.1 Å². The van der Waals surface area contributed by atoms with Crippen LogP contribution in [0.2, 0.25) is 0 Å². The highest BCUT2D eigenvalue weighted by Crippen LogP contribution is 2.33. The maximum Gasteiger partial charge on any atom is 0.140 e. The second-order valence-electron chi connectivity index (χ2n) is 9.47. The van der Waals surface area contributed by atoms with E-state index in [-0.39, 0.29) is 2.85 Å². The Hall–Kier alpha value is -1.26. The van der Waals surface area contributed by atoms with Crippen LogP contribution in [0.4, 0.5) is 0 Å². The summed E-state index contributed by atoms with van der Waals surface area (Å²) in [5.41, 5.74) is 6.65. The molecule has 0 aliphatic heterocycles. The molecular formula is C27H51N2O2. The van der Waals surface area contributed by atoms with Crippen molar-refractivity contribution in [2.75, 3.05) is 13.6 Å². The zero-order valence-electron chi connectivity index (χ0n) is 20.3. The summed E-state index contributed by atoms with van der Waals surface area (Å²) in [7, 11) is 2.00. The first-order valence-corrected chi connectivity index (χ1v) is 12.6. The Morgan fingerprint density at radius 2 is 1.97 bits per heavy atom. The predicted molar refractivity (Wildman–Crippen MR) is 136 cm³/mol. The SMILES string of the molecule is CCCCC(N)(C=O)CCCC.CNCCC1CCCC(C(=O)CC2=C[CH]C=CC2)C1.[HH].[HH]. The molecule has 4 nitrogen and oxygen atoms in total. The molecule has 4 heteroatoms. The zero-order valence-corrected chi connectivity index (χ0v) is 20.3. The minimum Gasteiger partial charge on any atom is -0.320 e. The van der Waals surface area contributed by atoms with Crippen molar-refractivity contribution < 1.29 is 12.4 Å². The van der Waals surface area contributed by atoms with Gasteiger partial charge in [-0.2, -0.15) is 0 Å². The van der Waals surface area contributed by atoms with Gasteiger partial charge in [0.05, 0.1) is 5.54 Å². The maximum absolute atomic E-state index is 12.4. The molecular weight excluding hydrogens is 384 g/mol. The van der Waals surface area contributed by atoms with Crippen LogP contribution < -0.4 is 11.1 Å². The van der Waals surface area contributed by atoms with Crippen LogP contribution in [0.25, 0.3) is 0 Å². The van der Waals surface area contributed by atoms with Crippen LogP contribution in [0, 0.1) is 18.3 Å². The van der Waals surface area contributed by atoms with E-state index in [0.29, 0.717) is 18.1 Å². The summed E-state index contributed by atoms with van der Waals surface area (Å²) in [6.07, 6.45) is 22.9. The molecule has 0 aromatic heterocycles. The molecule has 1 radical (unpaired) electrons. The van der Waals surface area contributed by atoms with Crippen LogP contribution in [0.15, 0.2) is 23.8 Å². The van der Waals surface area contributed by atoms with Crippen LogP contribution in [0.5, 0.6) is 0 Å². The van der Waals surface area contributed by atoms with Crippen molar-refractivity contribution >= 4 is 12.1 Å². The Morgan fingerprint density at radius 1 is 1.26 bits per heavy atom. The maximum atomic E-state index is 12.4. The fraction of sp³-hybridized carbons (Fsp3) is 0.741. The molecule has 2 atom stereocenters. The first-order valence-electron chi connectivity index (χ1n) is 12.6. The highest BCUT2D eigenvalue weighted by Gasteiger charge is 2.27. The van der Waals surface area contributed by atoms with E-state index in [2.05, 4.69) is 37.4 Å². The van der Waals surface area contributed by atoms with Gasteiger partial charge in [-0.3, -0.25) is 4.79 Å². The zero-order chi connectivity index (χ0) is 23.0. The van der Waals surface area contributed by atoms with Crippen LogP contribution in [0.3, 0.4) is 0 Å². The van der Waals surface area contributed by atoms with Gasteiger partial charge < -0.3 is 15.8 Å².